The quantitative estimate of drug-likeness (QED) is 0.661. The molecule has 1 aromatic rings. The van der Waals surface area contributed by atoms with Gasteiger partial charge in [0.2, 0.25) is 11.8 Å². The first kappa shape index (κ1) is 18.4. The summed E-state index contributed by atoms with van der Waals surface area (Å²) in [6, 6.07) is 4.29. The third kappa shape index (κ3) is 4.52. The third-order valence-electron chi connectivity index (χ3n) is 3.45. The molecule has 0 bridgehead atoms. The van der Waals surface area contributed by atoms with E-state index in [9.17, 15) is 24.5 Å². The van der Waals surface area contributed by atoms with E-state index < -0.39 is 34.5 Å². The van der Waals surface area contributed by atoms with Gasteiger partial charge in [0.15, 0.2) is 0 Å². The SMILES string of the molecule is CC(C)(C)OC(=O)N1C(=O)CC[C@H]1C(=O)Nc1ccc([N+](=O)[O-])cc1. The van der Waals surface area contributed by atoms with Crippen molar-refractivity contribution in [1.82, 2.24) is 4.90 Å². The fourth-order valence-electron chi connectivity index (χ4n) is 2.36. The van der Waals surface area contributed by atoms with Crippen molar-refractivity contribution in [3.05, 3.63) is 34.4 Å². The molecule has 134 valence electrons. The van der Waals surface area contributed by atoms with Crippen molar-refractivity contribution in [2.75, 3.05) is 5.32 Å². The summed E-state index contributed by atoms with van der Waals surface area (Å²) in [7, 11) is 0. The first-order valence-corrected chi connectivity index (χ1v) is 7.69. The van der Waals surface area contributed by atoms with Gasteiger partial charge in [0, 0.05) is 24.2 Å². The lowest BCUT2D eigenvalue weighted by Crippen LogP contribution is -2.47. The molecule has 25 heavy (non-hydrogen) atoms. The smallest absolute Gasteiger partial charge is 0.417 e. The van der Waals surface area contributed by atoms with Gasteiger partial charge < -0.3 is 10.1 Å². The fourth-order valence-corrected chi connectivity index (χ4v) is 2.36. The highest BCUT2D eigenvalue weighted by molar-refractivity contribution is 6.04. The van der Waals surface area contributed by atoms with E-state index in [0.717, 1.165) is 4.90 Å². The van der Waals surface area contributed by atoms with E-state index in [1.54, 1.807) is 20.8 Å². The van der Waals surface area contributed by atoms with Gasteiger partial charge in [-0.25, -0.2) is 9.69 Å². The number of carbonyl (C=O) groups excluding carboxylic acids is 3. The summed E-state index contributed by atoms with van der Waals surface area (Å²) in [5, 5.41) is 13.2. The number of imide groups is 1. The van der Waals surface area contributed by atoms with E-state index in [-0.39, 0.29) is 18.5 Å². The predicted octanol–water partition coefficient (Wildman–Crippen LogP) is 2.46. The summed E-state index contributed by atoms with van der Waals surface area (Å²) in [5.41, 5.74) is -0.567. The summed E-state index contributed by atoms with van der Waals surface area (Å²) in [5.74, 6) is -1.02. The number of hydrogen-bond acceptors (Lipinski definition) is 6. The number of amides is 3. The Bertz CT molecular complexity index is 708. The van der Waals surface area contributed by atoms with Crippen molar-refractivity contribution in [3.8, 4) is 0 Å². The molecule has 0 saturated carbocycles. The molecule has 3 amide bonds. The number of benzene rings is 1. The maximum absolute atomic E-state index is 12.4. The molecule has 0 aromatic heterocycles. The summed E-state index contributed by atoms with van der Waals surface area (Å²) < 4.78 is 5.18. The second-order valence-electron chi connectivity index (χ2n) is 6.59. The lowest BCUT2D eigenvalue weighted by molar-refractivity contribution is -0.384. The van der Waals surface area contributed by atoms with Crippen LogP contribution in [0.5, 0.6) is 0 Å². The van der Waals surface area contributed by atoms with Crippen LogP contribution in [0.2, 0.25) is 0 Å². The summed E-state index contributed by atoms with van der Waals surface area (Å²) >= 11 is 0. The lowest BCUT2D eigenvalue weighted by Gasteiger charge is -2.26. The van der Waals surface area contributed by atoms with E-state index in [4.69, 9.17) is 4.74 Å². The van der Waals surface area contributed by atoms with Crippen molar-refractivity contribution in [3.63, 3.8) is 0 Å². The molecule has 1 heterocycles. The number of nitrogens with zero attached hydrogens (tertiary/aromatic N) is 2. The lowest BCUT2D eigenvalue weighted by atomic mass is 10.2. The van der Waals surface area contributed by atoms with Crippen LogP contribution in [-0.4, -0.2) is 39.4 Å². The Kier molecular flexibility index (Phi) is 5.05. The number of non-ortho nitro benzene ring substituents is 1. The van der Waals surface area contributed by atoms with Crippen LogP contribution in [0.25, 0.3) is 0 Å². The molecule has 1 atom stereocenters. The van der Waals surface area contributed by atoms with Gasteiger partial charge in [0.05, 0.1) is 4.92 Å². The Hall–Kier alpha value is -2.97. The number of rotatable bonds is 3. The number of likely N-dealkylation sites (tertiary alicyclic amines) is 1. The maximum Gasteiger partial charge on any atom is 0.417 e. The van der Waals surface area contributed by atoms with Crippen LogP contribution in [0.4, 0.5) is 16.2 Å². The van der Waals surface area contributed by atoms with Crippen LogP contribution >= 0.6 is 0 Å². The van der Waals surface area contributed by atoms with Crippen LogP contribution in [0.15, 0.2) is 24.3 Å². The molecule has 9 nitrogen and oxygen atoms in total. The Morgan fingerprint density at radius 2 is 1.88 bits per heavy atom. The largest absolute Gasteiger partial charge is 0.443 e. The Morgan fingerprint density at radius 1 is 1.28 bits per heavy atom. The molecule has 9 heteroatoms. The number of nitro benzene ring substituents is 1. The fraction of sp³-hybridized carbons (Fsp3) is 0.438. The predicted molar refractivity (Wildman–Crippen MR) is 87.8 cm³/mol. The standard InChI is InChI=1S/C16H19N3O6/c1-16(2,3)25-15(22)18-12(8-9-13(18)20)14(21)17-10-4-6-11(7-5-10)19(23)24/h4-7,12H,8-9H2,1-3H3,(H,17,21)/t12-/m0/s1. The molecule has 1 fully saturated rings. The van der Waals surface area contributed by atoms with E-state index in [0.29, 0.717) is 5.69 Å². The molecule has 2 rings (SSSR count). The Labute approximate surface area is 144 Å². The zero-order valence-electron chi connectivity index (χ0n) is 14.1. The first-order chi connectivity index (χ1) is 11.6. The molecular formula is C16H19N3O6. The number of nitro groups is 1. The minimum Gasteiger partial charge on any atom is -0.443 e. The average Bonchev–Trinajstić information content (AvgIpc) is 2.88. The van der Waals surface area contributed by atoms with Gasteiger partial charge >= 0.3 is 6.09 Å². The van der Waals surface area contributed by atoms with Gasteiger partial charge in [-0.05, 0) is 39.3 Å². The minimum absolute atomic E-state index is 0.0671. The van der Waals surface area contributed by atoms with Gasteiger partial charge in [-0.15, -0.1) is 0 Å². The van der Waals surface area contributed by atoms with Crippen LogP contribution < -0.4 is 5.32 Å². The number of ether oxygens (including phenoxy) is 1. The Balaban J connectivity index is 2.10. The topological polar surface area (TPSA) is 119 Å². The van der Waals surface area contributed by atoms with Crippen molar-refractivity contribution in [2.45, 2.75) is 45.3 Å². The van der Waals surface area contributed by atoms with Crippen LogP contribution in [-0.2, 0) is 14.3 Å². The van der Waals surface area contributed by atoms with Crippen molar-refractivity contribution in [1.29, 1.82) is 0 Å². The average molecular weight is 349 g/mol. The highest BCUT2D eigenvalue weighted by atomic mass is 16.6. The van der Waals surface area contributed by atoms with Gasteiger partial charge in [-0.2, -0.15) is 0 Å². The van der Waals surface area contributed by atoms with E-state index in [1.807, 2.05) is 0 Å². The summed E-state index contributed by atoms with van der Waals surface area (Å²) in [4.78, 5) is 47.5. The first-order valence-electron chi connectivity index (χ1n) is 7.69. The molecule has 1 N–H and O–H groups in total. The van der Waals surface area contributed by atoms with E-state index in [2.05, 4.69) is 5.32 Å². The van der Waals surface area contributed by atoms with Crippen molar-refractivity contribution in [2.24, 2.45) is 0 Å². The second kappa shape index (κ2) is 6.88. The van der Waals surface area contributed by atoms with Gasteiger partial charge in [0.1, 0.15) is 11.6 Å². The van der Waals surface area contributed by atoms with E-state index in [1.165, 1.54) is 24.3 Å². The molecule has 1 saturated heterocycles. The monoisotopic (exact) mass is 349 g/mol. The number of hydrogen-bond donors (Lipinski definition) is 1. The van der Waals surface area contributed by atoms with Gasteiger partial charge in [-0.1, -0.05) is 0 Å². The van der Waals surface area contributed by atoms with Crippen LogP contribution in [0.1, 0.15) is 33.6 Å². The molecule has 0 aliphatic carbocycles. The zero-order valence-corrected chi connectivity index (χ0v) is 14.1. The van der Waals surface area contributed by atoms with Crippen LogP contribution in [0.3, 0.4) is 0 Å². The third-order valence-corrected chi connectivity index (χ3v) is 3.45. The molecule has 0 spiro atoms. The normalized spacial score (nSPS) is 17.3. The maximum atomic E-state index is 12.4. The van der Waals surface area contributed by atoms with Crippen LogP contribution in [0, 0.1) is 10.1 Å². The van der Waals surface area contributed by atoms with Gasteiger partial charge in [0.25, 0.3) is 5.69 Å². The summed E-state index contributed by atoms with van der Waals surface area (Å²) in [6.45, 7) is 4.99. The second-order valence-corrected chi connectivity index (χ2v) is 6.59. The van der Waals surface area contributed by atoms with Crippen molar-refractivity contribution >= 4 is 29.3 Å². The minimum atomic E-state index is -0.974. The number of anilines is 1. The molecule has 0 radical (unpaired) electrons. The Morgan fingerprint density at radius 3 is 2.40 bits per heavy atom. The van der Waals surface area contributed by atoms with E-state index >= 15 is 0 Å². The molecular weight excluding hydrogens is 330 g/mol. The molecule has 1 aliphatic heterocycles. The molecule has 1 aromatic carbocycles. The molecule has 1 aliphatic rings. The highest BCUT2D eigenvalue weighted by Crippen LogP contribution is 2.24. The highest BCUT2D eigenvalue weighted by Gasteiger charge is 2.42. The number of carbonyl (C=O) groups is 3. The zero-order chi connectivity index (χ0) is 18.8. The van der Waals surface area contributed by atoms with Crippen molar-refractivity contribution < 1.29 is 24.0 Å². The van der Waals surface area contributed by atoms with Gasteiger partial charge in [-0.3, -0.25) is 19.7 Å². The molecule has 0 unspecified atom stereocenters. The number of nitrogens with one attached hydrogen (secondary N) is 1. The summed E-state index contributed by atoms with van der Waals surface area (Å²) in [6.07, 6.45) is -0.604.